The standard InChI is InChI=1S/C18H17Cl2N3O4/c1-10-13(19)8-21-16(15(10)20)23-14(24)9-27-18(26)11(2)22-17(25)12-6-4-3-5-7-12/h3-8,11H,9H2,1-2H3,(H,22,25)(H,21,23,24)/t11-/m0/s1. The molecular weight excluding hydrogens is 393 g/mol. The maximum Gasteiger partial charge on any atom is 0.328 e. The van der Waals surface area contributed by atoms with Crippen molar-refractivity contribution >= 4 is 46.8 Å². The largest absolute Gasteiger partial charge is 0.454 e. The number of pyridine rings is 1. The number of ether oxygens (including phenoxy) is 1. The van der Waals surface area contributed by atoms with E-state index in [1.54, 1.807) is 37.3 Å². The molecule has 0 spiro atoms. The van der Waals surface area contributed by atoms with E-state index in [4.69, 9.17) is 27.9 Å². The number of aromatic nitrogens is 1. The third-order valence-corrected chi connectivity index (χ3v) is 4.39. The molecule has 0 bridgehead atoms. The molecule has 0 fully saturated rings. The molecule has 142 valence electrons. The van der Waals surface area contributed by atoms with Gasteiger partial charge in [0.25, 0.3) is 11.8 Å². The molecule has 9 heteroatoms. The summed E-state index contributed by atoms with van der Waals surface area (Å²) < 4.78 is 4.91. The zero-order chi connectivity index (χ0) is 20.0. The molecule has 0 aliphatic rings. The minimum Gasteiger partial charge on any atom is -0.454 e. The van der Waals surface area contributed by atoms with Crippen LogP contribution < -0.4 is 10.6 Å². The van der Waals surface area contributed by atoms with Crippen LogP contribution in [0.25, 0.3) is 0 Å². The Labute approximate surface area is 166 Å². The van der Waals surface area contributed by atoms with Crippen LogP contribution in [0.5, 0.6) is 0 Å². The summed E-state index contributed by atoms with van der Waals surface area (Å²) in [7, 11) is 0. The Morgan fingerprint density at radius 3 is 2.52 bits per heavy atom. The number of hydrogen-bond donors (Lipinski definition) is 2. The molecule has 2 N–H and O–H groups in total. The summed E-state index contributed by atoms with van der Waals surface area (Å²) >= 11 is 11.9. The zero-order valence-corrected chi connectivity index (χ0v) is 16.1. The van der Waals surface area contributed by atoms with Gasteiger partial charge in [-0.2, -0.15) is 0 Å². The molecule has 0 unspecified atom stereocenters. The maximum atomic E-state index is 12.0. The minimum absolute atomic E-state index is 0.116. The number of carbonyl (C=O) groups is 3. The molecule has 0 aliphatic carbocycles. The zero-order valence-electron chi connectivity index (χ0n) is 14.6. The highest BCUT2D eigenvalue weighted by atomic mass is 35.5. The van der Waals surface area contributed by atoms with Gasteiger partial charge in [0.2, 0.25) is 0 Å². The minimum atomic E-state index is -0.926. The Morgan fingerprint density at radius 2 is 1.85 bits per heavy atom. The molecule has 0 saturated carbocycles. The topological polar surface area (TPSA) is 97.4 Å². The lowest BCUT2D eigenvalue weighted by Gasteiger charge is -2.14. The van der Waals surface area contributed by atoms with Crippen LogP contribution in [0.15, 0.2) is 36.5 Å². The van der Waals surface area contributed by atoms with Crippen molar-refractivity contribution in [2.45, 2.75) is 19.9 Å². The van der Waals surface area contributed by atoms with Crippen molar-refractivity contribution in [3.63, 3.8) is 0 Å². The molecule has 27 heavy (non-hydrogen) atoms. The van der Waals surface area contributed by atoms with Gasteiger partial charge >= 0.3 is 5.97 Å². The second-order valence-electron chi connectivity index (χ2n) is 5.61. The number of halogens is 2. The highest BCUT2D eigenvalue weighted by Crippen LogP contribution is 2.28. The van der Waals surface area contributed by atoms with Gasteiger partial charge in [-0.05, 0) is 31.5 Å². The van der Waals surface area contributed by atoms with Crippen molar-refractivity contribution in [3.8, 4) is 0 Å². The van der Waals surface area contributed by atoms with Gasteiger partial charge in [0, 0.05) is 11.8 Å². The number of carbonyl (C=O) groups excluding carboxylic acids is 3. The van der Waals surface area contributed by atoms with Crippen molar-refractivity contribution in [3.05, 3.63) is 57.7 Å². The van der Waals surface area contributed by atoms with E-state index < -0.39 is 30.4 Å². The summed E-state index contributed by atoms with van der Waals surface area (Å²) in [4.78, 5) is 39.8. The Hall–Kier alpha value is -2.64. The number of nitrogens with zero attached hydrogens (tertiary/aromatic N) is 1. The van der Waals surface area contributed by atoms with Crippen LogP contribution in [0.4, 0.5) is 5.82 Å². The van der Waals surface area contributed by atoms with Crippen molar-refractivity contribution in [1.82, 2.24) is 10.3 Å². The predicted octanol–water partition coefficient (Wildman–Crippen LogP) is 3.00. The van der Waals surface area contributed by atoms with Crippen molar-refractivity contribution in [1.29, 1.82) is 0 Å². The van der Waals surface area contributed by atoms with Crippen LogP contribution >= 0.6 is 23.2 Å². The molecule has 7 nitrogen and oxygen atoms in total. The number of amides is 2. The summed E-state index contributed by atoms with van der Waals surface area (Å²) in [6.45, 7) is 2.59. The van der Waals surface area contributed by atoms with Gasteiger partial charge in [0.05, 0.1) is 10.0 Å². The van der Waals surface area contributed by atoms with Gasteiger partial charge in [-0.15, -0.1) is 0 Å². The molecule has 1 heterocycles. The van der Waals surface area contributed by atoms with Crippen molar-refractivity contribution in [2.75, 3.05) is 11.9 Å². The summed E-state index contributed by atoms with van der Waals surface area (Å²) in [5, 5.41) is 5.50. The van der Waals surface area contributed by atoms with Crippen LogP contribution in [0, 0.1) is 6.92 Å². The fourth-order valence-electron chi connectivity index (χ4n) is 2.00. The first-order chi connectivity index (χ1) is 12.8. The Kier molecular flexibility index (Phi) is 7.15. The van der Waals surface area contributed by atoms with Crippen LogP contribution in [-0.4, -0.2) is 35.4 Å². The van der Waals surface area contributed by atoms with E-state index in [1.165, 1.54) is 13.1 Å². The number of hydrogen-bond acceptors (Lipinski definition) is 5. The van der Waals surface area contributed by atoms with Crippen LogP contribution in [0.3, 0.4) is 0 Å². The maximum absolute atomic E-state index is 12.0. The van der Waals surface area contributed by atoms with Gasteiger partial charge < -0.3 is 15.4 Å². The SMILES string of the molecule is Cc1c(Cl)cnc(NC(=O)COC(=O)[C@H](C)NC(=O)c2ccccc2)c1Cl. The lowest BCUT2D eigenvalue weighted by molar-refractivity contribution is -0.148. The quantitative estimate of drug-likeness (QED) is 0.714. The van der Waals surface area contributed by atoms with E-state index in [9.17, 15) is 14.4 Å². The number of nitrogens with one attached hydrogen (secondary N) is 2. The highest BCUT2D eigenvalue weighted by molar-refractivity contribution is 6.37. The predicted molar refractivity (Wildman–Crippen MR) is 102 cm³/mol. The number of anilines is 1. The monoisotopic (exact) mass is 409 g/mol. The first-order valence-electron chi connectivity index (χ1n) is 7.92. The van der Waals surface area contributed by atoms with Gasteiger partial charge in [0.15, 0.2) is 12.4 Å². The lowest BCUT2D eigenvalue weighted by Crippen LogP contribution is -2.40. The fourth-order valence-corrected chi connectivity index (χ4v) is 2.39. The summed E-state index contributed by atoms with van der Waals surface area (Å²) in [6, 6.07) is 7.50. The average Bonchev–Trinajstić information content (AvgIpc) is 2.67. The third-order valence-electron chi connectivity index (χ3n) is 3.54. The second-order valence-corrected chi connectivity index (χ2v) is 6.40. The normalized spacial score (nSPS) is 11.4. The molecule has 2 amide bonds. The van der Waals surface area contributed by atoms with Gasteiger partial charge in [0.1, 0.15) is 6.04 Å². The third kappa shape index (κ3) is 5.67. The Morgan fingerprint density at radius 1 is 1.19 bits per heavy atom. The van der Waals surface area contributed by atoms with Crippen LogP contribution in [-0.2, 0) is 14.3 Å². The van der Waals surface area contributed by atoms with Gasteiger partial charge in [-0.3, -0.25) is 9.59 Å². The van der Waals surface area contributed by atoms with E-state index >= 15 is 0 Å². The smallest absolute Gasteiger partial charge is 0.328 e. The first kappa shape index (κ1) is 20.7. The molecule has 0 radical (unpaired) electrons. The number of esters is 1. The Balaban J connectivity index is 1.85. The fraction of sp³-hybridized carbons (Fsp3) is 0.222. The van der Waals surface area contributed by atoms with Gasteiger partial charge in [-0.25, -0.2) is 9.78 Å². The molecular formula is C18H17Cl2N3O4. The average molecular weight is 410 g/mol. The van der Waals surface area contributed by atoms with Crippen LogP contribution in [0.1, 0.15) is 22.8 Å². The highest BCUT2D eigenvalue weighted by Gasteiger charge is 2.19. The summed E-state index contributed by atoms with van der Waals surface area (Å²) in [6.07, 6.45) is 1.35. The number of rotatable bonds is 6. The molecule has 2 aromatic rings. The summed E-state index contributed by atoms with van der Waals surface area (Å²) in [5.41, 5.74) is 0.978. The van der Waals surface area contributed by atoms with E-state index in [-0.39, 0.29) is 10.8 Å². The van der Waals surface area contributed by atoms with E-state index in [0.717, 1.165) is 0 Å². The Bertz CT molecular complexity index is 859. The van der Waals surface area contributed by atoms with E-state index in [0.29, 0.717) is 16.1 Å². The summed E-state index contributed by atoms with van der Waals surface area (Å²) in [5.74, 6) is -1.68. The van der Waals surface area contributed by atoms with Crippen LogP contribution in [0.2, 0.25) is 10.0 Å². The molecule has 0 aliphatic heterocycles. The van der Waals surface area contributed by atoms with Crippen molar-refractivity contribution in [2.24, 2.45) is 0 Å². The molecule has 2 rings (SSSR count). The van der Waals surface area contributed by atoms with Crippen molar-refractivity contribution < 1.29 is 19.1 Å². The lowest BCUT2D eigenvalue weighted by atomic mass is 10.2. The van der Waals surface area contributed by atoms with E-state index in [1.807, 2.05) is 0 Å². The van der Waals surface area contributed by atoms with E-state index in [2.05, 4.69) is 15.6 Å². The molecule has 0 saturated heterocycles. The second kappa shape index (κ2) is 9.34. The molecule has 1 atom stereocenters. The number of benzene rings is 1. The molecule has 1 aromatic carbocycles. The first-order valence-corrected chi connectivity index (χ1v) is 8.68. The molecule has 1 aromatic heterocycles. The van der Waals surface area contributed by atoms with Gasteiger partial charge in [-0.1, -0.05) is 41.4 Å².